The average molecular weight is 223 g/mol. The summed E-state index contributed by atoms with van der Waals surface area (Å²) in [4.78, 5) is 0. The van der Waals surface area contributed by atoms with Gasteiger partial charge >= 0.3 is 23.1 Å². The van der Waals surface area contributed by atoms with Gasteiger partial charge in [0.2, 0.25) is 0 Å². The van der Waals surface area contributed by atoms with Crippen molar-refractivity contribution in [2.45, 2.75) is 13.8 Å². The van der Waals surface area contributed by atoms with Crippen LogP contribution in [0.3, 0.4) is 0 Å². The van der Waals surface area contributed by atoms with E-state index in [1.807, 2.05) is 13.8 Å². The van der Waals surface area contributed by atoms with Crippen molar-refractivity contribution < 1.29 is 24.0 Å². The first-order valence-electron chi connectivity index (χ1n) is 2.05. The van der Waals surface area contributed by atoms with Gasteiger partial charge < -0.3 is 29.3 Å². The second-order valence-electron chi connectivity index (χ2n) is 0.856. The number of hydrogen-bond donors (Lipinski definition) is 0. The molecule has 0 amide bonds. The van der Waals surface area contributed by atoms with Gasteiger partial charge in [0, 0.05) is 0 Å². The van der Waals surface area contributed by atoms with E-state index in [1.54, 1.807) is 0 Å². The number of hydrogen-bond acceptors (Lipinski definition) is 0. The standard InChI is InChI=1S/C4H10N.HI.Mg/c1-3-5-4-2;;/h3-4H2,1-2H3;1H;/q-1;;+2/p-1. The van der Waals surface area contributed by atoms with Gasteiger partial charge in [0.25, 0.3) is 0 Å². The summed E-state index contributed by atoms with van der Waals surface area (Å²) in [6.07, 6.45) is 0. The van der Waals surface area contributed by atoms with E-state index in [9.17, 15) is 0 Å². The fraction of sp³-hybridized carbons (Fsp3) is 1.00. The molecule has 0 aliphatic heterocycles. The maximum Gasteiger partial charge on any atom is 2.00 e. The van der Waals surface area contributed by atoms with Crippen LogP contribution in [0.15, 0.2) is 0 Å². The fourth-order valence-electron chi connectivity index (χ4n) is 0.224. The minimum absolute atomic E-state index is 0. The predicted octanol–water partition coefficient (Wildman–Crippen LogP) is -1.98. The molecular formula is C4H10IMgN. The third kappa shape index (κ3) is 18.6. The van der Waals surface area contributed by atoms with Gasteiger partial charge in [-0.3, -0.25) is 0 Å². The molecule has 0 heterocycles. The third-order valence-electron chi connectivity index (χ3n) is 0.447. The van der Waals surface area contributed by atoms with E-state index in [0.29, 0.717) is 0 Å². The van der Waals surface area contributed by atoms with Gasteiger partial charge in [0.15, 0.2) is 0 Å². The van der Waals surface area contributed by atoms with Crippen LogP contribution >= 0.6 is 0 Å². The Hall–Kier alpha value is 1.46. The first-order chi connectivity index (χ1) is 2.41. The fourth-order valence-corrected chi connectivity index (χ4v) is 0.224. The topological polar surface area (TPSA) is 14.1 Å². The molecule has 0 spiro atoms. The van der Waals surface area contributed by atoms with Crippen LogP contribution in [0, 0.1) is 0 Å². The molecule has 0 aromatic carbocycles. The molecule has 3 heteroatoms. The summed E-state index contributed by atoms with van der Waals surface area (Å²) >= 11 is 0. The molecular weight excluding hydrogens is 213 g/mol. The third-order valence-corrected chi connectivity index (χ3v) is 0.447. The first-order valence-corrected chi connectivity index (χ1v) is 2.05. The van der Waals surface area contributed by atoms with Gasteiger partial charge in [0.1, 0.15) is 0 Å². The molecule has 0 saturated heterocycles. The predicted molar refractivity (Wildman–Crippen MR) is 30.2 cm³/mol. The van der Waals surface area contributed by atoms with Crippen LogP contribution in [0.25, 0.3) is 5.32 Å². The van der Waals surface area contributed by atoms with Crippen LogP contribution in [0.5, 0.6) is 0 Å². The summed E-state index contributed by atoms with van der Waals surface area (Å²) < 4.78 is 0. The van der Waals surface area contributed by atoms with Crippen molar-refractivity contribution in [2.75, 3.05) is 13.1 Å². The Balaban J connectivity index is -0.0000000800. The molecule has 0 saturated carbocycles. The zero-order valence-electron chi connectivity index (χ0n) is 4.95. The smallest absolute Gasteiger partial charge is 1.00 e. The zero-order valence-corrected chi connectivity index (χ0v) is 8.52. The molecule has 0 rings (SSSR count). The quantitative estimate of drug-likeness (QED) is 0.381. The van der Waals surface area contributed by atoms with Crippen molar-refractivity contribution in [1.82, 2.24) is 0 Å². The number of halogens is 1. The zero-order chi connectivity index (χ0) is 4.12. The monoisotopic (exact) mass is 223 g/mol. The van der Waals surface area contributed by atoms with Gasteiger partial charge in [-0.1, -0.05) is 13.8 Å². The second-order valence-corrected chi connectivity index (χ2v) is 0.856. The summed E-state index contributed by atoms with van der Waals surface area (Å²) in [5.74, 6) is 0. The van der Waals surface area contributed by atoms with E-state index in [4.69, 9.17) is 0 Å². The second kappa shape index (κ2) is 15.7. The maximum atomic E-state index is 3.97. The van der Waals surface area contributed by atoms with Gasteiger partial charge in [-0.05, 0) is 0 Å². The van der Waals surface area contributed by atoms with Crippen LogP contribution in [0.4, 0.5) is 0 Å². The van der Waals surface area contributed by atoms with Gasteiger partial charge in [0.05, 0.1) is 0 Å². The summed E-state index contributed by atoms with van der Waals surface area (Å²) in [5.41, 5.74) is 0. The van der Waals surface area contributed by atoms with Gasteiger partial charge in [-0.2, -0.15) is 13.1 Å². The molecule has 0 N–H and O–H groups in total. The molecule has 0 aromatic heterocycles. The molecule has 0 fully saturated rings. The Labute approximate surface area is 78.8 Å². The van der Waals surface area contributed by atoms with Crippen molar-refractivity contribution in [3.63, 3.8) is 0 Å². The largest absolute Gasteiger partial charge is 2.00 e. The minimum Gasteiger partial charge on any atom is -1.00 e. The Kier molecular flexibility index (Phi) is 35.3. The maximum absolute atomic E-state index is 3.97. The Morgan fingerprint density at radius 3 is 1.43 bits per heavy atom. The van der Waals surface area contributed by atoms with Crippen LogP contribution in [-0.4, -0.2) is 36.1 Å². The van der Waals surface area contributed by atoms with Crippen LogP contribution in [0.2, 0.25) is 0 Å². The normalized spacial score (nSPS) is 6.00. The van der Waals surface area contributed by atoms with E-state index in [1.165, 1.54) is 0 Å². The molecule has 0 radical (unpaired) electrons. The molecule has 0 aromatic rings. The van der Waals surface area contributed by atoms with Crippen LogP contribution in [-0.2, 0) is 0 Å². The Morgan fingerprint density at radius 2 is 1.43 bits per heavy atom. The van der Waals surface area contributed by atoms with E-state index in [2.05, 4.69) is 5.32 Å². The average Bonchev–Trinajstić information content (AvgIpc) is 1.41. The van der Waals surface area contributed by atoms with Gasteiger partial charge in [-0.25, -0.2) is 0 Å². The summed E-state index contributed by atoms with van der Waals surface area (Å²) in [5, 5.41) is 3.97. The molecule has 40 valence electrons. The van der Waals surface area contributed by atoms with E-state index >= 15 is 0 Å². The van der Waals surface area contributed by atoms with Crippen molar-refractivity contribution in [1.29, 1.82) is 0 Å². The van der Waals surface area contributed by atoms with E-state index < -0.39 is 0 Å². The molecule has 0 aliphatic rings. The summed E-state index contributed by atoms with van der Waals surface area (Å²) in [6.45, 7) is 6.03. The van der Waals surface area contributed by atoms with E-state index in [0.717, 1.165) is 13.1 Å². The SMILES string of the molecule is CC[N-]CC.[I-].[Mg+2]. The first kappa shape index (κ1) is 15.8. The number of rotatable bonds is 2. The van der Waals surface area contributed by atoms with Gasteiger partial charge in [-0.15, -0.1) is 0 Å². The van der Waals surface area contributed by atoms with Crippen molar-refractivity contribution in [3.8, 4) is 0 Å². The minimum atomic E-state index is 0. The number of nitrogens with zero attached hydrogens (tertiary/aromatic N) is 1. The van der Waals surface area contributed by atoms with Crippen LogP contribution in [0.1, 0.15) is 13.8 Å². The van der Waals surface area contributed by atoms with Crippen molar-refractivity contribution in [3.05, 3.63) is 5.32 Å². The molecule has 0 atom stereocenters. The Morgan fingerprint density at radius 1 is 1.14 bits per heavy atom. The van der Waals surface area contributed by atoms with Crippen molar-refractivity contribution in [2.24, 2.45) is 0 Å². The molecule has 7 heavy (non-hydrogen) atoms. The Bertz CT molecular complexity index is 19.2. The molecule has 0 unspecified atom stereocenters. The summed E-state index contributed by atoms with van der Waals surface area (Å²) in [7, 11) is 0. The van der Waals surface area contributed by atoms with Crippen LogP contribution < -0.4 is 24.0 Å². The van der Waals surface area contributed by atoms with Crippen molar-refractivity contribution >= 4 is 23.1 Å². The summed E-state index contributed by atoms with van der Waals surface area (Å²) in [6, 6.07) is 0. The molecule has 0 aliphatic carbocycles. The molecule has 0 bridgehead atoms. The van der Waals surface area contributed by atoms with E-state index in [-0.39, 0.29) is 47.0 Å². The molecule has 1 nitrogen and oxygen atoms in total.